The maximum absolute atomic E-state index is 11.2. The summed E-state index contributed by atoms with van der Waals surface area (Å²) in [4.78, 5) is 11.2. The SMILES string of the molecule is CCC[C@@H](O)C(=O)OCc1ccccc1. The van der Waals surface area contributed by atoms with Gasteiger partial charge >= 0.3 is 5.97 Å². The number of aliphatic hydroxyl groups is 1. The monoisotopic (exact) mass is 208 g/mol. The fourth-order valence-corrected chi connectivity index (χ4v) is 1.22. The first-order valence-electron chi connectivity index (χ1n) is 5.12. The summed E-state index contributed by atoms with van der Waals surface area (Å²) in [5.74, 6) is -0.541. The molecule has 0 fully saturated rings. The second-order valence-electron chi connectivity index (χ2n) is 3.40. The lowest BCUT2D eigenvalue weighted by molar-refractivity contribution is -0.155. The summed E-state index contributed by atoms with van der Waals surface area (Å²) in [6.07, 6.45) is 0.230. The van der Waals surface area contributed by atoms with E-state index < -0.39 is 12.1 Å². The highest BCUT2D eigenvalue weighted by Gasteiger charge is 2.14. The van der Waals surface area contributed by atoms with Crippen molar-refractivity contribution < 1.29 is 14.6 Å². The molecule has 3 nitrogen and oxygen atoms in total. The molecule has 0 amide bonds. The van der Waals surface area contributed by atoms with Crippen LogP contribution in [-0.4, -0.2) is 17.2 Å². The van der Waals surface area contributed by atoms with E-state index in [1.165, 1.54) is 0 Å². The van der Waals surface area contributed by atoms with Crippen LogP contribution in [0, 0.1) is 0 Å². The fourth-order valence-electron chi connectivity index (χ4n) is 1.22. The van der Waals surface area contributed by atoms with Crippen molar-refractivity contribution in [3.63, 3.8) is 0 Å². The molecule has 1 N–H and O–H groups in total. The second-order valence-corrected chi connectivity index (χ2v) is 3.40. The van der Waals surface area contributed by atoms with E-state index in [0.29, 0.717) is 6.42 Å². The lowest BCUT2D eigenvalue weighted by atomic mass is 10.2. The third-order valence-corrected chi connectivity index (χ3v) is 2.06. The Hall–Kier alpha value is -1.35. The lowest BCUT2D eigenvalue weighted by Gasteiger charge is -2.09. The van der Waals surface area contributed by atoms with Gasteiger partial charge in [-0.2, -0.15) is 0 Å². The molecule has 1 atom stereocenters. The number of esters is 1. The molecule has 0 aromatic heterocycles. The minimum atomic E-state index is -0.987. The van der Waals surface area contributed by atoms with Gasteiger partial charge in [-0.1, -0.05) is 43.7 Å². The highest BCUT2D eigenvalue weighted by atomic mass is 16.5. The van der Waals surface area contributed by atoms with E-state index in [9.17, 15) is 9.90 Å². The molecule has 3 heteroatoms. The first-order chi connectivity index (χ1) is 7.24. The Morgan fingerprint density at radius 1 is 1.40 bits per heavy atom. The molecule has 0 spiro atoms. The Balaban J connectivity index is 2.34. The van der Waals surface area contributed by atoms with Crippen molar-refractivity contribution in [1.29, 1.82) is 0 Å². The Morgan fingerprint density at radius 3 is 2.67 bits per heavy atom. The van der Waals surface area contributed by atoms with Crippen molar-refractivity contribution in [1.82, 2.24) is 0 Å². The van der Waals surface area contributed by atoms with Crippen LogP contribution in [0.1, 0.15) is 25.3 Å². The van der Waals surface area contributed by atoms with E-state index in [1.807, 2.05) is 37.3 Å². The van der Waals surface area contributed by atoms with Gasteiger partial charge in [0.25, 0.3) is 0 Å². The van der Waals surface area contributed by atoms with Gasteiger partial charge in [0, 0.05) is 0 Å². The summed E-state index contributed by atoms with van der Waals surface area (Å²) in [5.41, 5.74) is 0.926. The number of hydrogen-bond donors (Lipinski definition) is 1. The van der Waals surface area contributed by atoms with Gasteiger partial charge in [0.15, 0.2) is 6.10 Å². The third-order valence-electron chi connectivity index (χ3n) is 2.06. The van der Waals surface area contributed by atoms with Crippen molar-refractivity contribution in [3.05, 3.63) is 35.9 Å². The summed E-state index contributed by atoms with van der Waals surface area (Å²) in [6, 6.07) is 9.41. The number of hydrogen-bond acceptors (Lipinski definition) is 3. The highest BCUT2D eigenvalue weighted by Crippen LogP contribution is 2.04. The van der Waals surface area contributed by atoms with E-state index in [-0.39, 0.29) is 6.61 Å². The zero-order chi connectivity index (χ0) is 11.1. The molecule has 0 unspecified atom stereocenters. The lowest BCUT2D eigenvalue weighted by Crippen LogP contribution is -2.22. The van der Waals surface area contributed by atoms with Crippen LogP contribution >= 0.6 is 0 Å². The molecular formula is C12H16O3. The predicted octanol–water partition coefficient (Wildman–Crippen LogP) is 1.89. The van der Waals surface area contributed by atoms with Crippen LogP contribution < -0.4 is 0 Å². The molecule has 0 saturated carbocycles. The predicted molar refractivity (Wildman–Crippen MR) is 57.2 cm³/mol. The van der Waals surface area contributed by atoms with Crippen molar-refractivity contribution in [2.75, 3.05) is 0 Å². The molecule has 0 aliphatic carbocycles. The average Bonchev–Trinajstić information content (AvgIpc) is 2.27. The number of ether oxygens (including phenoxy) is 1. The summed E-state index contributed by atoms with van der Waals surface area (Å²) < 4.78 is 4.95. The van der Waals surface area contributed by atoms with E-state index >= 15 is 0 Å². The van der Waals surface area contributed by atoms with Crippen LogP contribution in [0.15, 0.2) is 30.3 Å². The van der Waals surface area contributed by atoms with Gasteiger partial charge in [-0.25, -0.2) is 4.79 Å². The van der Waals surface area contributed by atoms with Gasteiger partial charge in [-0.15, -0.1) is 0 Å². The summed E-state index contributed by atoms with van der Waals surface area (Å²) in [7, 11) is 0. The van der Waals surface area contributed by atoms with E-state index in [4.69, 9.17) is 4.74 Å². The zero-order valence-corrected chi connectivity index (χ0v) is 8.85. The Bertz CT molecular complexity index is 295. The summed E-state index contributed by atoms with van der Waals surface area (Å²) in [6.45, 7) is 2.13. The van der Waals surface area contributed by atoms with Crippen molar-refractivity contribution in [2.24, 2.45) is 0 Å². The molecule has 0 saturated heterocycles. The van der Waals surface area contributed by atoms with E-state index in [1.54, 1.807) is 0 Å². The molecule has 1 aromatic carbocycles. The molecule has 0 heterocycles. The first kappa shape index (κ1) is 11.7. The van der Waals surface area contributed by atoms with Gasteiger partial charge in [0.2, 0.25) is 0 Å². The van der Waals surface area contributed by atoms with E-state index in [0.717, 1.165) is 12.0 Å². The van der Waals surface area contributed by atoms with Crippen LogP contribution in [0.4, 0.5) is 0 Å². The Labute approximate surface area is 89.7 Å². The second kappa shape index (κ2) is 6.19. The molecule has 1 aromatic rings. The molecule has 0 bridgehead atoms. The standard InChI is InChI=1S/C12H16O3/c1-2-6-11(13)12(14)15-9-10-7-4-3-5-8-10/h3-5,7-8,11,13H,2,6,9H2,1H3/t11-/m1/s1. The fraction of sp³-hybridized carbons (Fsp3) is 0.417. The molecule has 82 valence electrons. The Morgan fingerprint density at radius 2 is 2.07 bits per heavy atom. The number of rotatable bonds is 5. The third kappa shape index (κ3) is 4.13. The molecule has 0 aliphatic heterocycles. The van der Waals surface area contributed by atoms with Crippen LogP contribution in [0.3, 0.4) is 0 Å². The maximum atomic E-state index is 11.2. The molecule has 0 radical (unpaired) electrons. The topological polar surface area (TPSA) is 46.5 Å². The van der Waals surface area contributed by atoms with Crippen LogP contribution in [-0.2, 0) is 16.1 Å². The van der Waals surface area contributed by atoms with Crippen molar-refractivity contribution in [3.8, 4) is 0 Å². The largest absolute Gasteiger partial charge is 0.459 e. The number of carbonyl (C=O) groups is 1. The smallest absolute Gasteiger partial charge is 0.335 e. The molecular weight excluding hydrogens is 192 g/mol. The van der Waals surface area contributed by atoms with Crippen LogP contribution in [0.25, 0.3) is 0 Å². The molecule has 1 rings (SSSR count). The summed E-state index contributed by atoms with van der Waals surface area (Å²) >= 11 is 0. The normalized spacial score (nSPS) is 12.1. The summed E-state index contributed by atoms with van der Waals surface area (Å²) in [5, 5.41) is 9.32. The van der Waals surface area contributed by atoms with Gasteiger partial charge in [0.1, 0.15) is 6.61 Å². The van der Waals surface area contributed by atoms with Gasteiger partial charge in [-0.3, -0.25) is 0 Å². The van der Waals surface area contributed by atoms with Gasteiger partial charge in [-0.05, 0) is 12.0 Å². The number of benzene rings is 1. The van der Waals surface area contributed by atoms with Gasteiger partial charge in [0.05, 0.1) is 0 Å². The van der Waals surface area contributed by atoms with Crippen molar-refractivity contribution >= 4 is 5.97 Å². The first-order valence-corrected chi connectivity index (χ1v) is 5.12. The average molecular weight is 208 g/mol. The molecule has 0 aliphatic rings. The van der Waals surface area contributed by atoms with Crippen LogP contribution in [0.2, 0.25) is 0 Å². The zero-order valence-electron chi connectivity index (χ0n) is 8.85. The van der Waals surface area contributed by atoms with Crippen LogP contribution in [0.5, 0.6) is 0 Å². The minimum Gasteiger partial charge on any atom is -0.459 e. The van der Waals surface area contributed by atoms with E-state index in [2.05, 4.69) is 0 Å². The number of aliphatic hydroxyl groups excluding tert-OH is 1. The maximum Gasteiger partial charge on any atom is 0.335 e. The van der Waals surface area contributed by atoms with Gasteiger partial charge < -0.3 is 9.84 Å². The Kier molecular flexibility index (Phi) is 4.84. The molecule has 15 heavy (non-hydrogen) atoms. The van der Waals surface area contributed by atoms with Crippen molar-refractivity contribution in [2.45, 2.75) is 32.5 Å². The highest BCUT2D eigenvalue weighted by molar-refractivity contribution is 5.74. The number of carbonyl (C=O) groups excluding carboxylic acids is 1. The quantitative estimate of drug-likeness (QED) is 0.752. The minimum absolute atomic E-state index is 0.223.